The van der Waals surface area contributed by atoms with Crippen molar-refractivity contribution in [3.05, 3.63) is 115 Å². The first kappa shape index (κ1) is 63.3. The number of hydrogen-bond acceptors (Lipinski definition) is 4. The van der Waals surface area contributed by atoms with Crippen LogP contribution in [-0.2, 0) is 62.5 Å². The van der Waals surface area contributed by atoms with E-state index in [0.29, 0.717) is 22.7 Å². The standard InChI is InChI=1S/C68H102N4O4/c1-39-29-43(61(5,6)7)33-49(65(17,18)19)55(39)69-53(73)37-47(59(75)71-57-41(3)31-45(63(11,12)13)35-51(57)67(23,24)25)48(60(76)72-58-42(4)32-46(64(14,15)16)36-52(58)68(26,27)28)38-54(74)70-56-40(2)30-44(62(8,9)10)34-50(56)66(20,21)22/h29-36,47-48H,37-38H2,1-28H3,(H,69,73)(H,70,74)(H,71,75)(H,72,76). The molecule has 4 aromatic carbocycles. The number of carbonyl (C=O) groups is 4. The summed E-state index contributed by atoms with van der Waals surface area (Å²) in [4.78, 5) is 62.0. The van der Waals surface area contributed by atoms with Crippen LogP contribution in [0, 0.1) is 39.5 Å². The zero-order valence-corrected chi connectivity index (χ0v) is 52.8. The average Bonchev–Trinajstić information content (AvgIpc) is 3.21. The summed E-state index contributed by atoms with van der Waals surface area (Å²) in [6.07, 6.45) is -0.766. The van der Waals surface area contributed by atoms with Crippen LogP contribution in [0.1, 0.15) is 246 Å². The van der Waals surface area contributed by atoms with Crippen molar-refractivity contribution >= 4 is 46.4 Å². The zero-order chi connectivity index (χ0) is 58.6. The average molecular weight is 1040 g/mol. The lowest BCUT2D eigenvalue weighted by Gasteiger charge is -2.32. The molecule has 76 heavy (non-hydrogen) atoms. The summed E-state index contributed by atoms with van der Waals surface area (Å²) in [5.74, 6) is -4.54. The Balaban J connectivity index is 2.07. The van der Waals surface area contributed by atoms with Crippen LogP contribution >= 0.6 is 0 Å². The van der Waals surface area contributed by atoms with Crippen molar-refractivity contribution in [1.29, 1.82) is 0 Å². The molecule has 0 fully saturated rings. The largest absolute Gasteiger partial charge is 0.326 e. The molecular weight excluding hydrogens is 937 g/mol. The highest BCUT2D eigenvalue weighted by Gasteiger charge is 2.40. The van der Waals surface area contributed by atoms with E-state index in [1.165, 1.54) is 0 Å². The number of nitrogens with one attached hydrogen (secondary N) is 4. The second-order valence-corrected chi connectivity index (χ2v) is 30.6. The lowest BCUT2D eigenvalue weighted by atomic mass is 9.77. The van der Waals surface area contributed by atoms with E-state index in [2.05, 4.69) is 236 Å². The van der Waals surface area contributed by atoms with Gasteiger partial charge in [0.1, 0.15) is 0 Å². The predicted octanol–water partition coefficient (Wildman–Crippen LogP) is 17.2. The van der Waals surface area contributed by atoms with Crippen molar-refractivity contribution in [1.82, 2.24) is 0 Å². The van der Waals surface area contributed by atoms with Crippen LogP contribution < -0.4 is 21.3 Å². The van der Waals surface area contributed by atoms with E-state index in [0.717, 1.165) is 66.8 Å². The third-order valence-corrected chi connectivity index (χ3v) is 15.0. The molecule has 0 heterocycles. The Kier molecular flexibility index (Phi) is 18.2. The highest BCUT2D eigenvalue weighted by molar-refractivity contribution is 6.06. The van der Waals surface area contributed by atoms with E-state index >= 15 is 19.2 Å². The van der Waals surface area contributed by atoms with Crippen molar-refractivity contribution in [2.45, 2.75) is 250 Å². The summed E-state index contributed by atoms with van der Waals surface area (Å²) in [5.41, 5.74) is 12.4. The van der Waals surface area contributed by atoms with Crippen molar-refractivity contribution in [3.8, 4) is 0 Å². The fourth-order valence-corrected chi connectivity index (χ4v) is 9.96. The number of carbonyl (C=O) groups excluding carboxylic acids is 4. The van der Waals surface area contributed by atoms with E-state index < -0.39 is 46.3 Å². The Bertz CT molecular complexity index is 2650. The molecule has 0 saturated heterocycles. The van der Waals surface area contributed by atoms with Gasteiger partial charge in [-0.1, -0.05) is 215 Å². The SMILES string of the molecule is Cc1cc(C(C)(C)C)cc(C(C)(C)C)c1NC(=O)CC(C(=O)Nc1c(C)cc(C(C)(C)C)cc1C(C)(C)C)C(CC(=O)Nc1c(C)cc(C(C)(C)C)cc1C(C)(C)C)C(=O)Nc1c(C)cc(C(C)(C)C)cc1C(C)(C)C. The molecule has 418 valence electrons. The minimum atomic E-state index is -1.31. The van der Waals surface area contributed by atoms with Gasteiger partial charge in [0.2, 0.25) is 23.6 Å². The summed E-state index contributed by atoms with van der Waals surface area (Å²) >= 11 is 0. The molecule has 8 heteroatoms. The Hall–Kier alpha value is -5.24. The number of aryl methyl sites for hydroxylation is 4. The first-order chi connectivity index (χ1) is 34.0. The molecule has 0 aliphatic carbocycles. The minimum absolute atomic E-state index is 0.147. The number of benzene rings is 4. The van der Waals surface area contributed by atoms with Gasteiger partial charge >= 0.3 is 0 Å². The molecule has 4 aromatic rings. The van der Waals surface area contributed by atoms with E-state index in [-0.39, 0.29) is 45.3 Å². The molecule has 4 amide bonds. The maximum absolute atomic E-state index is 15.8. The lowest BCUT2D eigenvalue weighted by Crippen LogP contribution is -2.41. The van der Waals surface area contributed by atoms with Gasteiger partial charge < -0.3 is 21.3 Å². The molecular formula is C68H102N4O4. The first-order valence-electron chi connectivity index (χ1n) is 27.9. The highest BCUT2D eigenvalue weighted by atomic mass is 16.2. The Morgan fingerprint density at radius 3 is 0.658 bits per heavy atom. The number of amides is 4. The summed E-state index contributed by atoms with van der Waals surface area (Å²) in [5, 5.41) is 13.2. The molecule has 4 rings (SSSR count). The second kappa shape index (κ2) is 21.9. The Morgan fingerprint density at radius 1 is 0.303 bits per heavy atom. The van der Waals surface area contributed by atoms with Crippen molar-refractivity contribution in [2.24, 2.45) is 11.8 Å². The molecule has 0 aromatic heterocycles. The molecule has 2 unspecified atom stereocenters. The molecule has 0 spiro atoms. The summed E-state index contributed by atoms with van der Waals surface area (Å²) < 4.78 is 0. The maximum Gasteiger partial charge on any atom is 0.228 e. The molecule has 2 atom stereocenters. The molecule has 0 saturated carbocycles. The van der Waals surface area contributed by atoms with Crippen LogP contribution in [0.15, 0.2) is 48.5 Å². The van der Waals surface area contributed by atoms with Crippen LogP contribution in [-0.4, -0.2) is 23.6 Å². The number of hydrogen-bond donors (Lipinski definition) is 4. The van der Waals surface area contributed by atoms with Gasteiger partial charge in [-0.2, -0.15) is 0 Å². The van der Waals surface area contributed by atoms with Crippen LogP contribution in [0.5, 0.6) is 0 Å². The molecule has 0 bridgehead atoms. The molecule has 4 N–H and O–H groups in total. The number of rotatable bonds is 11. The van der Waals surface area contributed by atoms with Crippen molar-refractivity contribution < 1.29 is 19.2 Å². The number of anilines is 4. The van der Waals surface area contributed by atoms with Crippen LogP contribution in [0.2, 0.25) is 0 Å². The quantitative estimate of drug-likeness (QED) is 0.120. The molecule has 0 aliphatic rings. The summed E-state index contributed by atoms with van der Waals surface area (Å²) in [6.45, 7) is 59.6. The smallest absolute Gasteiger partial charge is 0.228 e. The van der Waals surface area contributed by atoms with Crippen LogP contribution in [0.4, 0.5) is 22.7 Å². The van der Waals surface area contributed by atoms with Gasteiger partial charge in [0, 0.05) is 35.6 Å². The Labute approximate surface area is 462 Å². The monoisotopic (exact) mass is 1040 g/mol. The molecule has 0 aliphatic heterocycles. The molecule has 0 radical (unpaired) electrons. The van der Waals surface area contributed by atoms with E-state index in [4.69, 9.17) is 0 Å². The molecule has 8 nitrogen and oxygen atoms in total. The normalized spacial score (nSPS) is 14.0. The fourth-order valence-electron chi connectivity index (χ4n) is 9.96. The topological polar surface area (TPSA) is 116 Å². The van der Waals surface area contributed by atoms with Gasteiger partial charge in [0.15, 0.2) is 0 Å². The third kappa shape index (κ3) is 15.5. The van der Waals surface area contributed by atoms with Gasteiger partial charge in [-0.15, -0.1) is 0 Å². The van der Waals surface area contributed by atoms with Gasteiger partial charge in [-0.3, -0.25) is 19.2 Å². The van der Waals surface area contributed by atoms with E-state index in [1.54, 1.807) is 0 Å². The van der Waals surface area contributed by atoms with E-state index in [1.807, 2.05) is 27.7 Å². The summed E-state index contributed by atoms with van der Waals surface area (Å²) in [6, 6.07) is 17.1. The van der Waals surface area contributed by atoms with Crippen molar-refractivity contribution in [2.75, 3.05) is 21.3 Å². The van der Waals surface area contributed by atoms with Gasteiger partial charge in [0.25, 0.3) is 0 Å². The van der Waals surface area contributed by atoms with E-state index in [9.17, 15) is 0 Å². The van der Waals surface area contributed by atoms with Gasteiger partial charge in [-0.25, -0.2) is 0 Å². The van der Waals surface area contributed by atoms with Crippen molar-refractivity contribution in [3.63, 3.8) is 0 Å². The first-order valence-corrected chi connectivity index (χ1v) is 27.9. The predicted molar refractivity (Wildman–Crippen MR) is 325 cm³/mol. The Morgan fingerprint density at radius 2 is 0.487 bits per heavy atom. The fraction of sp³-hybridized carbons (Fsp3) is 0.588. The highest BCUT2D eigenvalue weighted by Crippen LogP contribution is 2.43. The second-order valence-electron chi connectivity index (χ2n) is 30.6. The van der Waals surface area contributed by atoms with Gasteiger partial charge in [0.05, 0.1) is 11.8 Å². The minimum Gasteiger partial charge on any atom is -0.326 e. The van der Waals surface area contributed by atoms with Gasteiger partial charge in [-0.05, 0) is 138 Å². The third-order valence-electron chi connectivity index (χ3n) is 15.0. The van der Waals surface area contributed by atoms with Crippen LogP contribution in [0.25, 0.3) is 0 Å². The lowest BCUT2D eigenvalue weighted by molar-refractivity contribution is -0.134. The van der Waals surface area contributed by atoms with Crippen LogP contribution in [0.3, 0.4) is 0 Å². The maximum atomic E-state index is 15.8. The summed E-state index contributed by atoms with van der Waals surface area (Å²) in [7, 11) is 0. The zero-order valence-electron chi connectivity index (χ0n) is 52.8.